The molecule has 0 amide bonds. The summed E-state index contributed by atoms with van der Waals surface area (Å²) in [4.78, 5) is 12.5. The number of benzene rings is 2. The number of methoxy groups -OCH3 is 1. The molecule has 1 N–H and O–H groups in total. The fourth-order valence-electron chi connectivity index (χ4n) is 2.08. The van der Waals surface area contributed by atoms with Gasteiger partial charge in [-0.3, -0.25) is 9.52 Å². The number of nitrogens with one attached hydrogen (secondary N) is 1. The Bertz CT molecular complexity index is 862. The van der Waals surface area contributed by atoms with Gasteiger partial charge in [-0.05, 0) is 48.9 Å². The summed E-state index contributed by atoms with van der Waals surface area (Å²) in [6.45, 7) is 1.57. The van der Waals surface area contributed by atoms with Crippen LogP contribution in [0.1, 0.15) is 21.5 Å². The second-order valence-electron chi connectivity index (χ2n) is 5.08. The van der Waals surface area contributed by atoms with Gasteiger partial charge < -0.3 is 4.74 Å². The molecule has 0 spiro atoms. The zero-order valence-electron chi connectivity index (χ0n) is 12.9. The molecule has 0 aliphatic heterocycles. The maximum absolute atomic E-state index is 13.3. The van der Waals surface area contributed by atoms with Gasteiger partial charge in [-0.25, -0.2) is 12.8 Å². The number of ketones is 1. The third-order valence-electron chi connectivity index (χ3n) is 3.18. The lowest BCUT2D eigenvalue weighted by atomic mass is 10.0. The van der Waals surface area contributed by atoms with Crippen LogP contribution in [0, 0.1) is 12.7 Å². The lowest BCUT2D eigenvalue weighted by Gasteiger charge is -2.11. The monoisotopic (exact) mass is 337 g/mol. The number of sulfonamides is 1. The Balaban J connectivity index is 2.44. The quantitative estimate of drug-likeness (QED) is 0.852. The molecule has 0 heterocycles. The second kappa shape index (κ2) is 6.37. The number of halogens is 1. The number of aryl methyl sites for hydroxylation is 1. The predicted molar refractivity (Wildman–Crippen MR) is 86.0 cm³/mol. The van der Waals surface area contributed by atoms with Gasteiger partial charge in [-0.1, -0.05) is 0 Å². The van der Waals surface area contributed by atoms with Crippen molar-refractivity contribution < 1.29 is 22.3 Å². The lowest BCUT2D eigenvalue weighted by Crippen LogP contribution is -2.11. The number of anilines is 1. The first-order chi connectivity index (χ1) is 10.7. The highest BCUT2D eigenvalue weighted by Crippen LogP contribution is 2.27. The van der Waals surface area contributed by atoms with Crippen molar-refractivity contribution in [1.29, 1.82) is 0 Å². The van der Waals surface area contributed by atoms with Crippen molar-refractivity contribution in [3.63, 3.8) is 0 Å². The fourth-order valence-corrected chi connectivity index (χ4v) is 2.64. The summed E-state index contributed by atoms with van der Waals surface area (Å²) in [5.41, 5.74) is 1.11. The van der Waals surface area contributed by atoms with Crippen molar-refractivity contribution in [2.45, 2.75) is 6.92 Å². The van der Waals surface area contributed by atoms with Crippen LogP contribution in [0.2, 0.25) is 0 Å². The first-order valence-corrected chi connectivity index (χ1v) is 8.57. The number of hydrogen-bond donors (Lipinski definition) is 1. The number of carbonyl (C=O) groups is 1. The van der Waals surface area contributed by atoms with Gasteiger partial charge in [-0.15, -0.1) is 0 Å². The van der Waals surface area contributed by atoms with Crippen LogP contribution in [0.4, 0.5) is 10.1 Å². The standard InChI is InChI=1S/C16H16FNO4S/c1-10-8-11(4-6-13(10)17)16(19)12-5-7-15(22-2)14(9-12)18-23(3,20)21/h4-9,18H,1-3H3. The summed E-state index contributed by atoms with van der Waals surface area (Å²) in [5.74, 6) is -0.440. The fraction of sp³-hybridized carbons (Fsp3) is 0.188. The Kier molecular flexibility index (Phi) is 4.70. The molecule has 0 saturated carbocycles. The Labute approximate surface area is 134 Å². The minimum Gasteiger partial charge on any atom is -0.495 e. The third-order valence-corrected chi connectivity index (χ3v) is 3.77. The molecule has 2 rings (SSSR count). The molecule has 23 heavy (non-hydrogen) atoms. The van der Waals surface area contributed by atoms with E-state index in [2.05, 4.69) is 4.72 Å². The average Bonchev–Trinajstić information content (AvgIpc) is 2.47. The van der Waals surface area contributed by atoms with Gasteiger partial charge >= 0.3 is 0 Å². The summed E-state index contributed by atoms with van der Waals surface area (Å²) in [7, 11) is -2.12. The molecule has 0 aromatic heterocycles. The molecule has 0 fully saturated rings. The van der Waals surface area contributed by atoms with E-state index in [0.29, 0.717) is 16.9 Å². The lowest BCUT2D eigenvalue weighted by molar-refractivity contribution is 0.103. The summed E-state index contributed by atoms with van der Waals surface area (Å²) in [6.07, 6.45) is 1.00. The Morgan fingerprint density at radius 1 is 1.13 bits per heavy atom. The van der Waals surface area contributed by atoms with E-state index in [1.54, 1.807) is 6.92 Å². The summed E-state index contributed by atoms with van der Waals surface area (Å²) in [6, 6.07) is 8.47. The normalized spacial score (nSPS) is 11.1. The Morgan fingerprint density at radius 2 is 1.74 bits per heavy atom. The van der Waals surface area contributed by atoms with Gasteiger partial charge in [0.25, 0.3) is 0 Å². The molecule has 2 aromatic carbocycles. The van der Waals surface area contributed by atoms with Gasteiger partial charge in [0.05, 0.1) is 19.1 Å². The van der Waals surface area contributed by atoms with E-state index < -0.39 is 15.8 Å². The summed E-state index contributed by atoms with van der Waals surface area (Å²) >= 11 is 0. The molecule has 0 aliphatic carbocycles. The topological polar surface area (TPSA) is 72.5 Å². The largest absolute Gasteiger partial charge is 0.495 e. The maximum Gasteiger partial charge on any atom is 0.229 e. The van der Waals surface area contributed by atoms with E-state index in [4.69, 9.17) is 4.74 Å². The second-order valence-corrected chi connectivity index (χ2v) is 6.83. The highest BCUT2D eigenvalue weighted by Gasteiger charge is 2.15. The van der Waals surface area contributed by atoms with Crippen LogP contribution in [0.25, 0.3) is 0 Å². The molecule has 7 heteroatoms. The van der Waals surface area contributed by atoms with Crippen molar-refractivity contribution >= 4 is 21.5 Å². The molecular weight excluding hydrogens is 321 g/mol. The highest BCUT2D eigenvalue weighted by atomic mass is 32.2. The van der Waals surface area contributed by atoms with Crippen LogP contribution in [0.5, 0.6) is 5.75 Å². The molecule has 5 nitrogen and oxygen atoms in total. The SMILES string of the molecule is COc1ccc(C(=O)c2ccc(F)c(C)c2)cc1NS(C)(=O)=O. The predicted octanol–water partition coefficient (Wildman–Crippen LogP) is 2.75. The van der Waals surface area contributed by atoms with Crippen LogP contribution in [0.3, 0.4) is 0 Å². The smallest absolute Gasteiger partial charge is 0.229 e. The van der Waals surface area contributed by atoms with Crippen molar-refractivity contribution in [3.05, 3.63) is 58.9 Å². The van der Waals surface area contributed by atoms with E-state index in [0.717, 1.165) is 6.26 Å². The van der Waals surface area contributed by atoms with E-state index in [-0.39, 0.29) is 17.0 Å². The molecule has 0 radical (unpaired) electrons. The van der Waals surface area contributed by atoms with Gasteiger partial charge in [0.15, 0.2) is 5.78 Å². The van der Waals surface area contributed by atoms with Gasteiger partial charge in [-0.2, -0.15) is 0 Å². The Morgan fingerprint density at radius 3 is 2.30 bits per heavy atom. The van der Waals surface area contributed by atoms with Crippen molar-refractivity contribution in [2.75, 3.05) is 18.1 Å². The van der Waals surface area contributed by atoms with E-state index in [1.807, 2.05) is 0 Å². The van der Waals surface area contributed by atoms with Crippen molar-refractivity contribution in [1.82, 2.24) is 0 Å². The number of rotatable bonds is 5. The Hall–Kier alpha value is -2.41. The molecule has 122 valence electrons. The zero-order chi connectivity index (χ0) is 17.2. The molecular formula is C16H16FNO4S. The molecule has 0 aliphatic rings. The average molecular weight is 337 g/mol. The first kappa shape index (κ1) is 17.0. The molecule has 0 unspecified atom stereocenters. The van der Waals surface area contributed by atoms with Crippen molar-refractivity contribution in [2.24, 2.45) is 0 Å². The molecule has 0 saturated heterocycles. The number of carbonyl (C=O) groups excluding carboxylic acids is 1. The van der Waals surface area contributed by atoms with Crippen LogP contribution in [-0.2, 0) is 10.0 Å². The third kappa shape index (κ3) is 4.07. The number of hydrogen-bond acceptors (Lipinski definition) is 4. The van der Waals surface area contributed by atoms with E-state index in [9.17, 15) is 17.6 Å². The number of ether oxygens (including phenoxy) is 1. The first-order valence-electron chi connectivity index (χ1n) is 6.68. The van der Waals surface area contributed by atoms with Gasteiger partial charge in [0, 0.05) is 11.1 Å². The molecule has 2 aromatic rings. The maximum atomic E-state index is 13.3. The zero-order valence-corrected chi connectivity index (χ0v) is 13.7. The van der Waals surface area contributed by atoms with Crippen LogP contribution in [0.15, 0.2) is 36.4 Å². The summed E-state index contributed by atoms with van der Waals surface area (Å²) < 4.78 is 43.5. The van der Waals surface area contributed by atoms with E-state index in [1.165, 1.54) is 43.5 Å². The molecule has 0 bridgehead atoms. The minimum atomic E-state index is -3.52. The van der Waals surface area contributed by atoms with Crippen molar-refractivity contribution in [3.8, 4) is 5.75 Å². The van der Waals surface area contributed by atoms with Crippen LogP contribution < -0.4 is 9.46 Å². The highest BCUT2D eigenvalue weighted by molar-refractivity contribution is 7.92. The summed E-state index contributed by atoms with van der Waals surface area (Å²) in [5, 5.41) is 0. The van der Waals surface area contributed by atoms with Gasteiger partial charge in [0.2, 0.25) is 10.0 Å². The molecule has 0 atom stereocenters. The van der Waals surface area contributed by atoms with Crippen LogP contribution in [-0.4, -0.2) is 27.6 Å². The van der Waals surface area contributed by atoms with E-state index >= 15 is 0 Å². The van der Waals surface area contributed by atoms with Gasteiger partial charge in [0.1, 0.15) is 11.6 Å². The van der Waals surface area contributed by atoms with Crippen LogP contribution >= 0.6 is 0 Å². The minimum absolute atomic E-state index is 0.166.